The number of rotatable bonds is 5. The van der Waals surface area contributed by atoms with E-state index in [0.29, 0.717) is 41.4 Å². The molecule has 1 aliphatic heterocycles. The number of nitrogens with two attached hydrogens (primary N) is 1. The first-order chi connectivity index (χ1) is 14.8. The van der Waals surface area contributed by atoms with Gasteiger partial charge in [-0.3, -0.25) is 4.79 Å². The molecule has 0 saturated heterocycles. The molecule has 0 radical (unpaired) electrons. The fourth-order valence-electron chi connectivity index (χ4n) is 4.02. The first kappa shape index (κ1) is 20.6. The van der Waals surface area contributed by atoms with Crippen molar-refractivity contribution in [3.63, 3.8) is 0 Å². The van der Waals surface area contributed by atoms with Crippen LogP contribution in [0.4, 0.5) is 0 Å². The van der Waals surface area contributed by atoms with E-state index in [1.807, 2.05) is 26.0 Å². The maximum Gasteiger partial charge on any atom is 0.205 e. The Bertz CT molecular complexity index is 1120. The van der Waals surface area contributed by atoms with Gasteiger partial charge >= 0.3 is 0 Å². The van der Waals surface area contributed by atoms with Crippen LogP contribution in [0.2, 0.25) is 0 Å². The zero-order chi connectivity index (χ0) is 22.2. The van der Waals surface area contributed by atoms with Crippen molar-refractivity contribution in [3.8, 4) is 17.6 Å². The summed E-state index contributed by atoms with van der Waals surface area (Å²) in [7, 11) is 1.60. The average Bonchev–Trinajstić information content (AvgIpc) is 3.19. The molecule has 7 nitrogen and oxygen atoms in total. The number of hydrogen-bond donors (Lipinski definition) is 1. The summed E-state index contributed by atoms with van der Waals surface area (Å²) in [5.41, 5.74) is 6.45. The van der Waals surface area contributed by atoms with Crippen LogP contribution in [0.1, 0.15) is 44.1 Å². The van der Waals surface area contributed by atoms with E-state index < -0.39 is 5.92 Å². The normalized spacial score (nSPS) is 20.1. The van der Waals surface area contributed by atoms with Crippen molar-refractivity contribution in [3.05, 3.63) is 70.7 Å². The number of nitriles is 1. The Hall–Kier alpha value is -3.66. The van der Waals surface area contributed by atoms with Gasteiger partial charge in [-0.1, -0.05) is 13.8 Å². The molecule has 2 N–H and O–H groups in total. The number of hydrogen-bond acceptors (Lipinski definition) is 7. The quantitative estimate of drug-likeness (QED) is 0.767. The van der Waals surface area contributed by atoms with E-state index in [0.717, 1.165) is 5.75 Å². The number of methoxy groups -OCH3 is 1. The zero-order valence-corrected chi connectivity index (χ0v) is 17.7. The molecule has 31 heavy (non-hydrogen) atoms. The van der Waals surface area contributed by atoms with Crippen molar-refractivity contribution < 1.29 is 23.4 Å². The summed E-state index contributed by atoms with van der Waals surface area (Å²) in [4.78, 5) is 13.0. The lowest BCUT2D eigenvalue weighted by atomic mass is 9.71. The molecular weight excluding hydrogens is 396 g/mol. The van der Waals surface area contributed by atoms with Crippen molar-refractivity contribution >= 4 is 5.78 Å². The summed E-state index contributed by atoms with van der Waals surface area (Å²) in [6.45, 7) is 4.21. The highest BCUT2D eigenvalue weighted by atomic mass is 16.5. The number of furan rings is 1. The van der Waals surface area contributed by atoms with Gasteiger partial charge in [0.15, 0.2) is 5.78 Å². The predicted octanol–water partition coefficient (Wildman–Crippen LogP) is 4.32. The van der Waals surface area contributed by atoms with Gasteiger partial charge in [-0.2, -0.15) is 5.26 Å². The molecule has 0 spiro atoms. The van der Waals surface area contributed by atoms with E-state index in [1.165, 1.54) is 0 Å². The Kier molecular flexibility index (Phi) is 5.24. The summed E-state index contributed by atoms with van der Waals surface area (Å²) < 4.78 is 22.6. The first-order valence-electron chi connectivity index (χ1n) is 10.0. The van der Waals surface area contributed by atoms with E-state index >= 15 is 0 Å². The molecule has 0 bridgehead atoms. The van der Waals surface area contributed by atoms with Crippen LogP contribution in [0.3, 0.4) is 0 Å². The van der Waals surface area contributed by atoms with Gasteiger partial charge in [0.2, 0.25) is 5.88 Å². The van der Waals surface area contributed by atoms with Gasteiger partial charge in [-0.15, -0.1) is 0 Å². The van der Waals surface area contributed by atoms with Crippen LogP contribution >= 0.6 is 0 Å². The number of allylic oxidation sites excluding steroid dienone is 3. The maximum absolute atomic E-state index is 13.0. The Balaban J connectivity index is 1.60. The Morgan fingerprint density at radius 3 is 2.55 bits per heavy atom. The van der Waals surface area contributed by atoms with E-state index in [9.17, 15) is 10.1 Å². The minimum Gasteiger partial charge on any atom is -0.497 e. The van der Waals surface area contributed by atoms with Gasteiger partial charge in [0, 0.05) is 18.4 Å². The van der Waals surface area contributed by atoms with Crippen LogP contribution in [0.5, 0.6) is 11.5 Å². The Morgan fingerprint density at radius 1 is 1.16 bits per heavy atom. The largest absolute Gasteiger partial charge is 0.497 e. The molecule has 0 amide bonds. The highest BCUT2D eigenvalue weighted by Crippen LogP contribution is 2.48. The minimum atomic E-state index is -0.674. The third kappa shape index (κ3) is 4.02. The summed E-state index contributed by atoms with van der Waals surface area (Å²) in [5.74, 6) is 2.26. The molecule has 1 aliphatic carbocycles. The van der Waals surface area contributed by atoms with Crippen molar-refractivity contribution in [2.45, 2.75) is 39.2 Å². The number of carbonyl (C=O) groups is 1. The summed E-state index contributed by atoms with van der Waals surface area (Å²) >= 11 is 0. The SMILES string of the molecule is COc1ccc(OCc2ccc([C@@H]3C(C#N)=C(N)OC4=C3C(=O)CC(C)(C)C4)o2)cc1. The van der Waals surface area contributed by atoms with Crippen LogP contribution in [0.25, 0.3) is 0 Å². The van der Waals surface area contributed by atoms with Crippen molar-refractivity contribution in [2.24, 2.45) is 11.1 Å². The van der Waals surface area contributed by atoms with Crippen LogP contribution in [0.15, 0.2) is 63.6 Å². The van der Waals surface area contributed by atoms with Crippen molar-refractivity contribution in [1.29, 1.82) is 5.26 Å². The number of Topliss-reactive ketones (excluding diaryl/α,β-unsaturated/α-hetero) is 1. The average molecular weight is 420 g/mol. The van der Waals surface area contributed by atoms with Crippen LogP contribution in [-0.4, -0.2) is 12.9 Å². The lowest BCUT2D eigenvalue weighted by molar-refractivity contribution is -0.119. The molecule has 0 unspecified atom stereocenters. The van der Waals surface area contributed by atoms with E-state index in [4.69, 9.17) is 24.4 Å². The zero-order valence-electron chi connectivity index (χ0n) is 17.7. The molecule has 0 saturated carbocycles. The van der Waals surface area contributed by atoms with Gasteiger partial charge in [-0.05, 0) is 41.8 Å². The van der Waals surface area contributed by atoms with Crippen LogP contribution in [-0.2, 0) is 16.1 Å². The van der Waals surface area contributed by atoms with Crippen molar-refractivity contribution in [1.82, 2.24) is 0 Å². The molecule has 4 rings (SSSR count). The first-order valence-corrected chi connectivity index (χ1v) is 10.0. The van der Waals surface area contributed by atoms with Gasteiger partial charge in [-0.25, -0.2) is 0 Å². The smallest absolute Gasteiger partial charge is 0.205 e. The standard InChI is InChI=1S/C24H24N2O5/c1-24(2)10-18(27)22-20(11-24)31-23(26)17(12-25)21(22)19-9-8-16(30-19)13-29-15-6-4-14(28-3)5-7-15/h4-9,21H,10-11,13,26H2,1-3H3/t21-/m0/s1. The molecule has 160 valence electrons. The van der Waals surface area contributed by atoms with Gasteiger partial charge in [0.25, 0.3) is 0 Å². The monoisotopic (exact) mass is 420 g/mol. The van der Waals surface area contributed by atoms with Gasteiger partial charge < -0.3 is 24.4 Å². The van der Waals surface area contributed by atoms with Gasteiger partial charge in [0.1, 0.15) is 47.0 Å². The van der Waals surface area contributed by atoms with Crippen LogP contribution < -0.4 is 15.2 Å². The lowest BCUT2D eigenvalue weighted by Crippen LogP contribution is -2.33. The fourth-order valence-corrected chi connectivity index (χ4v) is 4.02. The Morgan fingerprint density at radius 2 is 1.87 bits per heavy atom. The summed E-state index contributed by atoms with van der Waals surface area (Å²) in [6.07, 6.45) is 0.941. The van der Waals surface area contributed by atoms with E-state index in [1.54, 1.807) is 31.4 Å². The molecule has 2 aliphatic rings. The number of ether oxygens (including phenoxy) is 3. The number of benzene rings is 1. The topological polar surface area (TPSA) is 108 Å². The van der Waals surface area contributed by atoms with Crippen molar-refractivity contribution in [2.75, 3.05) is 7.11 Å². The Labute approximate surface area is 180 Å². The summed E-state index contributed by atoms with van der Waals surface area (Å²) in [5, 5.41) is 9.70. The highest BCUT2D eigenvalue weighted by molar-refractivity contribution is 5.99. The third-order valence-electron chi connectivity index (χ3n) is 5.48. The highest BCUT2D eigenvalue weighted by Gasteiger charge is 2.44. The van der Waals surface area contributed by atoms with Crippen LogP contribution in [0, 0.1) is 16.7 Å². The molecule has 1 atom stereocenters. The lowest BCUT2D eigenvalue weighted by Gasteiger charge is -2.36. The molecule has 2 aromatic rings. The number of nitrogens with zero attached hydrogens (tertiary/aromatic N) is 1. The summed E-state index contributed by atoms with van der Waals surface area (Å²) in [6, 6.07) is 12.8. The maximum atomic E-state index is 13.0. The second kappa shape index (κ2) is 7.88. The molecule has 7 heteroatoms. The molecule has 1 aromatic heterocycles. The van der Waals surface area contributed by atoms with Gasteiger partial charge in [0.05, 0.1) is 13.0 Å². The second-order valence-electron chi connectivity index (χ2n) is 8.47. The third-order valence-corrected chi connectivity index (χ3v) is 5.48. The number of carbonyl (C=O) groups excluding carboxylic acids is 1. The predicted molar refractivity (Wildman–Crippen MR) is 112 cm³/mol. The molecule has 0 fully saturated rings. The molecular formula is C24H24N2O5. The minimum absolute atomic E-state index is 0.0178. The second-order valence-corrected chi connectivity index (χ2v) is 8.47. The fraction of sp³-hybridized carbons (Fsp3) is 0.333. The molecule has 2 heterocycles. The number of ketones is 1. The molecule has 1 aromatic carbocycles. The van der Waals surface area contributed by atoms with E-state index in [2.05, 4.69) is 6.07 Å². The van der Waals surface area contributed by atoms with E-state index in [-0.39, 0.29) is 29.3 Å².